The van der Waals surface area contributed by atoms with Crippen molar-refractivity contribution in [2.45, 2.75) is 17.4 Å². The number of primary amides is 1. The fraction of sp³-hybridized carbons (Fsp3) is 0.133. The predicted octanol–water partition coefficient (Wildman–Crippen LogP) is 1.07. The zero-order valence-corrected chi connectivity index (χ0v) is 14.0. The van der Waals surface area contributed by atoms with Crippen LogP contribution in [0.5, 0.6) is 0 Å². The molecule has 0 radical (unpaired) electrons. The summed E-state index contributed by atoms with van der Waals surface area (Å²) in [6, 6.07) is 12.7. The molecule has 1 aromatic heterocycles. The fourth-order valence-corrected chi connectivity index (χ4v) is 4.27. The van der Waals surface area contributed by atoms with Crippen LogP contribution in [0.25, 0.3) is 11.0 Å². The summed E-state index contributed by atoms with van der Waals surface area (Å²) in [4.78, 5) is 11.7. The number of hydrogen-bond acceptors (Lipinski definition) is 6. The normalized spacial score (nSPS) is 13.0. The average Bonchev–Trinajstić information content (AvgIpc) is 3.03. The Labute approximate surface area is 142 Å². The standard InChI is InChI=1S/C15H14N4O3S2/c16-15(20)12(9-10-5-2-1-3-6-10)19-24(21,22)13-8-4-7-11-14(13)18-23-17-11/h1-8,12,19H,9H2,(H2,16,20). The lowest BCUT2D eigenvalue weighted by atomic mass is 10.1. The lowest BCUT2D eigenvalue weighted by molar-refractivity contribution is -0.119. The van der Waals surface area contributed by atoms with Crippen molar-refractivity contribution in [1.82, 2.24) is 13.5 Å². The highest BCUT2D eigenvalue weighted by molar-refractivity contribution is 7.89. The first-order valence-corrected chi connectivity index (χ1v) is 9.25. The zero-order valence-electron chi connectivity index (χ0n) is 12.4. The van der Waals surface area contributed by atoms with Gasteiger partial charge in [0.2, 0.25) is 15.9 Å². The highest BCUT2D eigenvalue weighted by Gasteiger charge is 2.26. The zero-order chi connectivity index (χ0) is 17.2. The number of carbonyl (C=O) groups excluding carboxylic acids is 1. The molecule has 1 heterocycles. The van der Waals surface area contributed by atoms with E-state index in [-0.39, 0.29) is 16.8 Å². The third-order valence-corrected chi connectivity index (χ3v) is 5.51. The van der Waals surface area contributed by atoms with Crippen LogP contribution in [0.15, 0.2) is 53.4 Å². The topological polar surface area (TPSA) is 115 Å². The van der Waals surface area contributed by atoms with Crippen LogP contribution in [0.4, 0.5) is 0 Å². The number of hydrogen-bond donors (Lipinski definition) is 2. The maximum atomic E-state index is 12.7. The van der Waals surface area contributed by atoms with Crippen LogP contribution in [0.1, 0.15) is 5.56 Å². The molecule has 3 N–H and O–H groups in total. The number of nitrogens with two attached hydrogens (primary N) is 1. The van der Waals surface area contributed by atoms with Crippen molar-refractivity contribution < 1.29 is 13.2 Å². The highest BCUT2D eigenvalue weighted by atomic mass is 32.2. The number of nitrogens with one attached hydrogen (secondary N) is 1. The van der Waals surface area contributed by atoms with Crippen molar-refractivity contribution in [2.24, 2.45) is 5.73 Å². The SMILES string of the molecule is NC(=O)C(Cc1ccccc1)NS(=O)(=O)c1cccc2nsnc12. The van der Waals surface area contributed by atoms with Gasteiger partial charge in [0.05, 0.1) is 11.7 Å². The van der Waals surface area contributed by atoms with Crippen molar-refractivity contribution in [3.8, 4) is 0 Å². The maximum Gasteiger partial charge on any atom is 0.243 e. The number of carbonyl (C=O) groups is 1. The summed E-state index contributed by atoms with van der Waals surface area (Å²) >= 11 is 0.927. The van der Waals surface area contributed by atoms with E-state index < -0.39 is 22.0 Å². The minimum atomic E-state index is -3.97. The van der Waals surface area contributed by atoms with Crippen LogP contribution in [0.2, 0.25) is 0 Å². The van der Waals surface area contributed by atoms with Gasteiger partial charge in [0.15, 0.2) is 0 Å². The third-order valence-electron chi connectivity index (χ3n) is 3.46. The van der Waals surface area contributed by atoms with Gasteiger partial charge < -0.3 is 5.73 Å². The number of sulfonamides is 1. The summed E-state index contributed by atoms with van der Waals surface area (Å²) in [5.74, 6) is -0.744. The molecule has 124 valence electrons. The second kappa shape index (κ2) is 6.63. The number of rotatable bonds is 6. The molecule has 0 bridgehead atoms. The van der Waals surface area contributed by atoms with Crippen LogP contribution in [-0.2, 0) is 21.2 Å². The minimum Gasteiger partial charge on any atom is -0.368 e. The minimum absolute atomic E-state index is 0.0203. The molecule has 1 amide bonds. The molecule has 0 aliphatic heterocycles. The van der Waals surface area contributed by atoms with Gasteiger partial charge in [-0.15, -0.1) is 0 Å². The van der Waals surface area contributed by atoms with Crippen molar-refractivity contribution in [3.63, 3.8) is 0 Å². The molecule has 1 unspecified atom stereocenters. The van der Waals surface area contributed by atoms with Gasteiger partial charge in [0, 0.05) is 0 Å². The molecule has 0 aliphatic carbocycles. The largest absolute Gasteiger partial charge is 0.368 e. The Morgan fingerprint density at radius 1 is 1.12 bits per heavy atom. The van der Waals surface area contributed by atoms with Gasteiger partial charge in [0.1, 0.15) is 22.0 Å². The van der Waals surface area contributed by atoms with Gasteiger partial charge in [0.25, 0.3) is 0 Å². The lowest BCUT2D eigenvalue weighted by Gasteiger charge is -2.16. The smallest absolute Gasteiger partial charge is 0.243 e. The van der Waals surface area contributed by atoms with Crippen molar-refractivity contribution in [2.75, 3.05) is 0 Å². The predicted molar refractivity (Wildman–Crippen MR) is 90.9 cm³/mol. The molecule has 1 atom stereocenters. The molecule has 9 heteroatoms. The van der Waals surface area contributed by atoms with E-state index >= 15 is 0 Å². The van der Waals surface area contributed by atoms with E-state index in [1.165, 1.54) is 6.07 Å². The van der Waals surface area contributed by atoms with Gasteiger partial charge >= 0.3 is 0 Å². The first-order valence-electron chi connectivity index (χ1n) is 7.04. The molecule has 0 saturated heterocycles. The van der Waals surface area contributed by atoms with Crippen LogP contribution in [-0.4, -0.2) is 29.1 Å². The van der Waals surface area contributed by atoms with Crippen molar-refractivity contribution in [1.29, 1.82) is 0 Å². The van der Waals surface area contributed by atoms with Crippen LogP contribution < -0.4 is 10.5 Å². The van der Waals surface area contributed by atoms with Crippen molar-refractivity contribution >= 4 is 38.7 Å². The van der Waals surface area contributed by atoms with Crippen LogP contribution in [0.3, 0.4) is 0 Å². The number of nitrogens with zero attached hydrogens (tertiary/aromatic N) is 2. The fourth-order valence-electron chi connectivity index (χ4n) is 2.30. The quantitative estimate of drug-likeness (QED) is 0.680. The summed E-state index contributed by atoms with van der Waals surface area (Å²) in [6.07, 6.45) is 0.167. The Morgan fingerprint density at radius 3 is 2.58 bits per heavy atom. The molecule has 24 heavy (non-hydrogen) atoms. The molecule has 0 aliphatic rings. The Bertz CT molecular complexity index is 971. The van der Waals surface area contributed by atoms with Gasteiger partial charge in [-0.3, -0.25) is 4.79 Å². The van der Waals surface area contributed by atoms with E-state index in [2.05, 4.69) is 13.5 Å². The number of fused-ring (bicyclic) bond motifs is 1. The monoisotopic (exact) mass is 362 g/mol. The molecule has 3 aromatic rings. The molecule has 3 rings (SSSR count). The van der Waals surface area contributed by atoms with E-state index in [4.69, 9.17) is 5.73 Å². The second-order valence-corrected chi connectivity index (χ2v) is 7.36. The van der Waals surface area contributed by atoms with Gasteiger partial charge in [-0.2, -0.15) is 13.5 Å². The second-order valence-electron chi connectivity index (χ2n) is 5.15. The van der Waals surface area contributed by atoms with E-state index in [1.54, 1.807) is 24.3 Å². The molecule has 0 spiro atoms. The van der Waals surface area contributed by atoms with Crippen LogP contribution in [0, 0.1) is 0 Å². The Kier molecular flexibility index (Phi) is 4.56. The Balaban J connectivity index is 1.91. The molecular weight excluding hydrogens is 348 g/mol. The van der Waals surface area contributed by atoms with Crippen LogP contribution >= 0.6 is 11.7 Å². The summed E-state index contributed by atoms with van der Waals surface area (Å²) in [5.41, 5.74) is 6.94. The molecule has 0 saturated carbocycles. The third kappa shape index (κ3) is 3.42. The lowest BCUT2D eigenvalue weighted by Crippen LogP contribution is -2.45. The molecular formula is C15H14N4O3S2. The Hall–Kier alpha value is -2.36. The highest BCUT2D eigenvalue weighted by Crippen LogP contribution is 2.21. The Morgan fingerprint density at radius 2 is 1.88 bits per heavy atom. The summed E-state index contributed by atoms with van der Waals surface area (Å²) in [6.45, 7) is 0. The molecule has 2 aromatic carbocycles. The number of amides is 1. The van der Waals surface area contributed by atoms with E-state index in [9.17, 15) is 13.2 Å². The summed E-state index contributed by atoms with van der Waals surface area (Å²) in [5, 5.41) is 0. The maximum absolute atomic E-state index is 12.7. The first-order chi connectivity index (χ1) is 11.5. The molecule has 0 fully saturated rings. The van der Waals surface area contributed by atoms with Gasteiger partial charge in [-0.05, 0) is 24.1 Å². The van der Waals surface area contributed by atoms with Gasteiger partial charge in [-0.1, -0.05) is 36.4 Å². The first kappa shape index (κ1) is 16.5. The van der Waals surface area contributed by atoms with E-state index in [0.717, 1.165) is 17.3 Å². The van der Waals surface area contributed by atoms with Gasteiger partial charge in [-0.25, -0.2) is 8.42 Å². The average molecular weight is 362 g/mol. The number of aromatic nitrogens is 2. The number of benzene rings is 2. The molecule has 7 nitrogen and oxygen atoms in total. The van der Waals surface area contributed by atoms with Crippen molar-refractivity contribution in [3.05, 3.63) is 54.1 Å². The summed E-state index contributed by atoms with van der Waals surface area (Å²) < 4.78 is 35.7. The summed E-state index contributed by atoms with van der Waals surface area (Å²) in [7, 11) is -3.97. The van der Waals surface area contributed by atoms with E-state index in [1.807, 2.05) is 18.2 Å². The van der Waals surface area contributed by atoms with E-state index in [0.29, 0.717) is 5.52 Å².